The monoisotopic (exact) mass is 322 g/mol. The van der Waals surface area contributed by atoms with E-state index >= 15 is 0 Å². The zero-order valence-electron chi connectivity index (χ0n) is 12.9. The van der Waals surface area contributed by atoms with Gasteiger partial charge >= 0.3 is 6.09 Å². The van der Waals surface area contributed by atoms with E-state index in [0.717, 1.165) is 0 Å². The SMILES string of the molecule is CC(C)(C)C1CN(c2ncc(C#N)cc2Cl)CCN1C(=O)O. The number of carboxylic acid groups (broad SMARTS) is 1. The predicted octanol–water partition coefficient (Wildman–Crippen LogP) is 2.82. The summed E-state index contributed by atoms with van der Waals surface area (Å²) in [6, 6.07) is 3.42. The number of aromatic nitrogens is 1. The fourth-order valence-electron chi connectivity index (χ4n) is 2.67. The Labute approximate surface area is 134 Å². The number of hydrogen-bond donors (Lipinski definition) is 1. The van der Waals surface area contributed by atoms with Crippen LogP contribution in [0.4, 0.5) is 10.6 Å². The molecule has 0 bridgehead atoms. The Balaban J connectivity index is 2.28. The van der Waals surface area contributed by atoms with Crippen LogP contribution in [0.3, 0.4) is 0 Å². The van der Waals surface area contributed by atoms with Gasteiger partial charge in [-0.25, -0.2) is 9.78 Å². The van der Waals surface area contributed by atoms with Crippen molar-refractivity contribution in [3.8, 4) is 6.07 Å². The van der Waals surface area contributed by atoms with Gasteiger partial charge in [-0.05, 0) is 11.5 Å². The minimum absolute atomic E-state index is 0.160. The Morgan fingerprint density at radius 3 is 2.68 bits per heavy atom. The summed E-state index contributed by atoms with van der Waals surface area (Å²) in [4.78, 5) is 19.2. The third-order valence-corrected chi connectivity index (χ3v) is 4.15. The minimum Gasteiger partial charge on any atom is -0.465 e. The molecule has 1 saturated heterocycles. The van der Waals surface area contributed by atoms with E-state index in [4.69, 9.17) is 16.9 Å². The zero-order valence-corrected chi connectivity index (χ0v) is 13.6. The molecule has 1 amide bonds. The van der Waals surface area contributed by atoms with Crippen molar-refractivity contribution in [1.82, 2.24) is 9.88 Å². The fraction of sp³-hybridized carbons (Fsp3) is 0.533. The minimum atomic E-state index is -0.904. The van der Waals surface area contributed by atoms with Crippen molar-refractivity contribution in [1.29, 1.82) is 5.26 Å². The molecule has 1 aliphatic rings. The molecule has 1 atom stereocenters. The largest absolute Gasteiger partial charge is 0.465 e. The van der Waals surface area contributed by atoms with E-state index in [1.165, 1.54) is 11.1 Å². The van der Waals surface area contributed by atoms with Crippen LogP contribution < -0.4 is 4.90 Å². The molecule has 1 N–H and O–H groups in total. The second kappa shape index (κ2) is 6.01. The lowest BCUT2D eigenvalue weighted by Crippen LogP contribution is -2.59. The molecule has 2 heterocycles. The molecule has 1 aromatic heterocycles. The number of anilines is 1. The molecule has 1 unspecified atom stereocenters. The molecule has 2 rings (SSSR count). The first-order valence-corrected chi connectivity index (χ1v) is 7.42. The van der Waals surface area contributed by atoms with Crippen LogP contribution in [-0.4, -0.2) is 46.8 Å². The second-order valence-electron chi connectivity index (χ2n) is 6.45. The van der Waals surface area contributed by atoms with E-state index in [-0.39, 0.29) is 11.5 Å². The van der Waals surface area contributed by atoms with Gasteiger partial charge in [-0.3, -0.25) is 0 Å². The highest BCUT2D eigenvalue weighted by Gasteiger charge is 2.38. The van der Waals surface area contributed by atoms with Crippen LogP contribution in [0.5, 0.6) is 0 Å². The van der Waals surface area contributed by atoms with Crippen LogP contribution in [-0.2, 0) is 0 Å². The molecule has 118 valence electrons. The summed E-state index contributed by atoms with van der Waals surface area (Å²) < 4.78 is 0. The molecule has 6 nitrogen and oxygen atoms in total. The van der Waals surface area contributed by atoms with Gasteiger partial charge < -0.3 is 14.9 Å². The van der Waals surface area contributed by atoms with E-state index in [9.17, 15) is 9.90 Å². The van der Waals surface area contributed by atoms with Crippen molar-refractivity contribution >= 4 is 23.5 Å². The Morgan fingerprint density at radius 2 is 2.18 bits per heavy atom. The average molecular weight is 323 g/mol. The highest BCUT2D eigenvalue weighted by Crippen LogP contribution is 2.32. The van der Waals surface area contributed by atoms with Gasteiger partial charge in [-0.2, -0.15) is 5.26 Å². The molecule has 0 spiro atoms. The Bertz CT molecular complexity index is 621. The van der Waals surface area contributed by atoms with Crippen molar-refractivity contribution < 1.29 is 9.90 Å². The van der Waals surface area contributed by atoms with Gasteiger partial charge in [0.1, 0.15) is 11.9 Å². The molecular weight excluding hydrogens is 304 g/mol. The maximum Gasteiger partial charge on any atom is 0.407 e. The summed E-state index contributed by atoms with van der Waals surface area (Å²) in [6.07, 6.45) is 0.579. The van der Waals surface area contributed by atoms with Crippen LogP contribution in [0.1, 0.15) is 26.3 Å². The molecule has 7 heteroatoms. The molecule has 0 saturated carbocycles. The number of amides is 1. The molecule has 1 aliphatic heterocycles. The summed E-state index contributed by atoms with van der Waals surface area (Å²) >= 11 is 6.22. The molecule has 0 aliphatic carbocycles. The van der Waals surface area contributed by atoms with Crippen molar-refractivity contribution in [2.75, 3.05) is 24.5 Å². The molecule has 0 aromatic carbocycles. The van der Waals surface area contributed by atoms with Crippen LogP contribution >= 0.6 is 11.6 Å². The molecule has 1 aromatic rings. The van der Waals surface area contributed by atoms with Crippen molar-refractivity contribution in [2.45, 2.75) is 26.8 Å². The summed E-state index contributed by atoms with van der Waals surface area (Å²) in [5.74, 6) is 0.597. The first-order valence-electron chi connectivity index (χ1n) is 7.04. The van der Waals surface area contributed by atoms with E-state index in [2.05, 4.69) is 4.98 Å². The van der Waals surface area contributed by atoms with Gasteiger partial charge in [0.05, 0.1) is 16.6 Å². The number of carbonyl (C=O) groups is 1. The summed E-state index contributed by atoms with van der Waals surface area (Å²) in [5, 5.41) is 18.7. The van der Waals surface area contributed by atoms with Crippen molar-refractivity contribution in [2.24, 2.45) is 5.41 Å². The number of nitriles is 1. The fourth-order valence-corrected chi connectivity index (χ4v) is 2.96. The lowest BCUT2D eigenvalue weighted by molar-refractivity contribution is 0.0747. The Kier molecular flexibility index (Phi) is 4.47. The van der Waals surface area contributed by atoms with Gasteiger partial charge in [0.2, 0.25) is 0 Å². The Morgan fingerprint density at radius 1 is 1.50 bits per heavy atom. The molecular formula is C15H19ClN4O2. The number of rotatable bonds is 1. The first kappa shape index (κ1) is 16.4. The lowest BCUT2D eigenvalue weighted by Gasteiger charge is -2.46. The van der Waals surface area contributed by atoms with E-state index in [1.54, 1.807) is 6.07 Å². The zero-order chi connectivity index (χ0) is 16.5. The van der Waals surface area contributed by atoms with Crippen LogP contribution in [0, 0.1) is 16.7 Å². The predicted molar refractivity (Wildman–Crippen MR) is 84.1 cm³/mol. The molecule has 0 radical (unpaired) electrons. The van der Waals surface area contributed by atoms with E-state index < -0.39 is 6.09 Å². The summed E-state index contributed by atoms with van der Waals surface area (Å²) in [6.45, 7) is 7.50. The maximum atomic E-state index is 11.4. The van der Waals surface area contributed by atoms with Gasteiger partial charge in [0, 0.05) is 25.8 Å². The van der Waals surface area contributed by atoms with Gasteiger partial charge in [-0.1, -0.05) is 32.4 Å². The smallest absolute Gasteiger partial charge is 0.407 e. The number of nitrogens with zero attached hydrogens (tertiary/aromatic N) is 4. The molecule has 1 fully saturated rings. The van der Waals surface area contributed by atoms with Gasteiger partial charge in [0.15, 0.2) is 0 Å². The number of hydrogen-bond acceptors (Lipinski definition) is 4. The van der Waals surface area contributed by atoms with E-state index in [1.807, 2.05) is 31.7 Å². The molecule has 22 heavy (non-hydrogen) atoms. The topological polar surface area (TPSA) is 80.5 Å². The van der Waals surface area contributed by atoms with E-state index in [0.29, 0.717) is 36.0 Å². The summed E-state index contributed by atoms with van der Waals surface area (Å²) in [5.41, 5.74) is 0.209. The third-order valence-electron chi connectivity index (χ3n) is 3.88. The maximum absolute atomic E-state index is 11.4. The quantitative estimate of drug-likeness (QED) is 0.860. The highest BCUT2D eigenvalue weighted by molar-refractivity contribution is 6.33. The lowest BCUT2D eigenvalue weighted by atomic mass is 9.84. The standard InChI is InChI=1S/C15H19ClN4O2/c1-15(2,3)12-9-19(4-5-20(12)14(21)22)13-11(16)6-10(7-17)8-18-13/h6,8,12H,4-5,9H2,1-3H3,(H,21,22). The normalized spacial score (nSPS) is 19.0. The number of piperazine rings is 1. The van der Waals surface area contributed by atoms with Gasteiger partial charge in [-0.15, -0.1) is 0 Å². The first-order chi connectivity index (χ1) is 10.2. The number of pyridine rings is 1. The van der Waals surface area contributed by atoms with Crippen LogP contribution in [0.25, 0.3) is 0 Å². The number of halogens is 1. The second-order valence-corrected chi connectivity index (χ2v) is 6.85. The third kappa shape index (κ3) is 3.25. The summed E-state index contributed by atoms with van der Waals surface area (Å²) in [7, 11) is 0. The Hall–Kier alpha value is -2.00. The van der Waals surface area contributed by atoms with Gasteiger partial charge in [0.25, 0.3) is 0 Å². The van der Waals surface area contributed by atoms with Crippen molar-refractivity contribution in [3.63, 3.8) is 0 Å². The van der Waals surface area contributed by atoms with Crippen LogP contribution in [0.2, 0.25) is 5.02 Å². The highest BCUT2D eigenvalue weighted by atomic mass is 35.5. The average Bonchev–Trinajstić information content (AvgIpc) is 2.45. The van der Waals surface area contributed by atoms with Crippen molar-refractivity contribution in [3.05, 3.63) is 22.8 Å². The van der Waals surface area contributed by atoms with Crippen LogP contribution in [0.15, 0.2) is 12.3 Å².